The predicted octanol–water partition coefficient (Wildman–Crippen LogP) is 1.26. The van der Waals surface area contributed by atoms with Gasteiger partial charge in [0.25, 0.3) is 0 Å². The smallest absolute Gasteiger partial charge is 0.387 e. The van der Waals surface area contributed by atoms with Gasteiger partial charge in [0.05, 0.1) is 6.04 Å². The first-order valence-electron chi connectivity index (χ1n) is 9.14. The predicted molar refractivity (Wildman–Crippen MR) is 96.0 cm³/mol. The fourth-order valence-corrected chi connectivity index (χ4v) is 3.47. The van der Waals surface area contributed by atoms with E-state index < -0.39 is 6.61 Å². The number of anilines is 1. The number of ether oxygens (including phenoxy) is 1. The van der Waals surface area contributed by atoms with E-state index in [-0.39, 0.29) is 17.7 Å². The number of piperazine rings is 1. The Morgan fingerprint density at radius 1 is 1.11 bits per heavy atom. The Balaban J connectivity index is 1.27. The average molecular weight is 379 g/mol. The molecular weight excluding hydrogens is 356 g/mol. The quantitative estimate of drug-likeness (QED) is 0.832. The molecule has 2 fully saturated rings. The number of carbonyl (C=O) groups is 1. The first-order chi connectivity index (χ1) is 13.1. The number of halogens is 2. The van der Waals surface area contributed by atoms with Gasteiger partial charge in [0, 0.05) is 44.3 Å². The standard InChI is InChI=1S/C18H23F2N5O2/c19-18(20)27-15-3-1-14(2-4-15)23-9-12-25(13-23)24-10-7-22(8-11-24)17(26)16-5-6-21-16/h1-4,9,12,16,18,21H,5-8,10-11,13H2/t16-/m1/s1. The summed E-state index contributed by atoms with van der Waals surface area (Å²) in [5.74, 6) is 0.362. The topological polar surface area (TPSA) is 51.3 Å². The Morgan fingerprint density at radius 3 is 2.41 bits per heavy atom. The normalized spacial score (nSPS) is 23.1. The Labute approximate surface area is 156 Å². The molecule has 0 bridgehead atoms. The number of hydrazine groups is 1. The fraction of sp³-hybridized carbons (Fsp3) is 0.500. The van der Waals surface area contributed by atoms with Crippen LogP contribution in [-0.4, -0.2) is 72.9 Å². The number of nitrogens with one attached hydrogen (secondary N) is 1. The van der Waals surface area contributed by atoms with Crippen molar-refractivity contribution in [1.29, 1.82) is 0 Å². The second-order valence-electron chi connectivity index (χ2n) is 6.80. The molecule has 0 spiro atoms. The van der Waals surface area contributed by atoms with E-state index in [1.165, 1.54) is 12.1 Å². The SMILES string of the molecule is O=C([C@H]1CCN1)N1CCN(N2C=CN(c3ccc(OC(F)F)cc3)C2)CC1. The Hall–Kier alpha value is -2.39. The van der Waals surface area contributed by atoms with Crippen molar-refractivity contribution in [1.82, 2.24) is 20.2 Å². The first-order valence-corrected chi connectivity index (χ1v) is 9.14. The molecule has 0 unspecified atom stereocenters. The van der Waals surface area contributed by atoms with E-state index in [0.717, 1.165) is 44.8 Å². The second-order valence-corrected chi connectivity index (χ2v) is 6.80. The van der Waals surface area contributed by atoms with Gasteiger partial charge in [-0.1, -0.05) is 0 Å². The molecule has 1 amide bonds. The van der Waals surface area contributed by atoms with Gasteiger partial charge >= 0.3 is 6.61 Å². The molecule has 146 valence electrons. The number of rotatable bonds is 5. The highest BCUT2D eigenvalue weighted by molar-refractivity contribution is 5.82. The average Bonchev–Trinajstić information content (AvgIpc) is 3.10. The van der Waals surface area contributed by atoms with Crippen LogP contribution in [0, 0.1) is 0 Å². The van der Waals surface area contributed by atoms with Crippen LogP contribution in [-0.2, 0) is 4.79 Å². The summed E-state index contributed by atoms with van der Waals surface area (Å²) >= 11 is 0. The lowest BCUT2D eigenvalue weighted by molar-refractivity contribution is -0.139. The van der Waals surface area contributed by atoms with Crippen LogP contribution >= 0.6 is 0 Å². The van der Waals surface area contributed by atoms with E-state index in [4.69, 9.17) is 0 Å². The van der Waals surface area contributed by atoms with Crippen LogP contribution in [0.5, 0.6) is 5.75 Å². The van der Waals surface area contributed by atoms with Crippen molar-refractivity contribution in [2.45, 2.75) is 19.1 Å². The summed E-state index contributed by atoms with van der Waals surface area (Å²) in [7, 11) is 0. The molecule has 1 atom stereocenters. The fourth-order valence-electron chi connectivity index (χ4n) is 3.47. The van der Waals surface area contributed by atoms with E-state index in [0.29, 0.717) is 6.67 Å². The van der Waals surface area contributed by atoms with Gasteiger partial charge in [0.2, 0.25) is 5.91 Å². The zero-order valence-corrected chi connectivity index (χ0v) is 14.9. The van der Waals surface area contributed by atoms with Gasteiger partial charge in [-0.2, -0.15) is 8.78 Å². The summed E-state index contributed by atoms with van der Waals surface area (Å²) < 4.78 is 28.9. The molecule has 1 aromatic carbocycles. The molecule has 0 radical (unpaired) electrons. The number of alkyl halides is 2. The molecule has 1 aromatic rings. The van der Waals surface area contributed by atoms with Gasteiger partial charge in [0.1, 0.15) is 12.4 Å². The van der Waals surface area contributed by atoms with Gasteiger partial charge in [-0.15, -0.1) is 0 Å². The van der Waals surface area contributed by atoms with Crippen LogP contribution in [0.1, 0.15) is 6.42 Å². The molecule has 9 heteroatoms. The van der Waals surface area contributed by atoms with Gasteiger partial charge < -0.3 is 19.9 Å². The number of amides is 1. The molecular formula is C18H23F2N5O2. The van der Waals surface area contributed by atoms with Gasteiger partial charge in [-0.3, -0.25) is 9.80 Å². The van der Waals surface area contributed by atoms with E-state index in [1.54, 1.807) is 12.1 Å². The van der Waals surface area contributed by atoms with Crippen molar-refractivity contribution in [2.24, 2.45) is 0 Å². The van der Waals surface area contributed by atoms with Crippen molar-refractivity contribution in [3.05, 3.63) is 36.7 Å². The molecule has 2 saturated heterocycles. The summed E-state index contributed by atoms with van der Waals surface area (Å²) in [6, 6.07) is 6.60. The van der Waals surface area contributed by atoms with Crippen molar-refractivity contribution in [2.75, 3.05) is 44.3 Å². The number of hydrogen-bond donors (Lipinski definition) is 1. The van der Waals surface area contributed by atoms with Crippen molar-refractivity contribution in [3.8, 4) is 5.75 Å². The zero-order valence-electron chi connectivity index (χ0n) is 14.9. The zero-order chi connectivity index (χ0) is 18.8. The summed E-state index contributed by atoms with van der Waals surface area (Å²) in [6.07, 6.45) is 4.89. The Kier molecular flexibility index (Phi) is 5.13. The van der Waals surface area contributed by atoms with Gasteiger partial charge in [-0.25, -0.2) is 5.01 Å². The summed E-state index contributed by atoms with van der Waals surface area (Å²) in [6.45, 7) is 1.79. The van der Waals surface area contributed by atoms with Crippen molar-refractivity contribution < 1.29 is 18.3 Å². The van der Waals surface area contributed by atoms with Crippen LogP contribution in [0.3, 0.4) is 0 Å². The van der Waals surface area contributed by atoms with Crippen LogP contribution in [0.15, 0.2) is 36.7 Å². The minimum atomic E-state index is -2.82. The maximum Gasteiger partial charge on any atom is 0.387 e. The van der Waals surface area contributed by atoms with Crippen LogP contribution < -0.4 is 15.0 Å². The van der Waals surface area contributed by atoms with E-state index in [1.807, 2.05) is 22.2 Å². The van der Waals surface area contributed by atoms with Crippen LogP contribution in [0.2, 0.25) is 0 Å². The third-order valence-electron chi connectivity index (χ3n) is 5.16. The molecule has 4 rings (SSSR count). The maximum atomic E-state index is 12.3. The monoisotopic (exact) mass is 379 g/mol. The third kappa shape index (κ3) is 3.98. The van der Waals surface area contributed by atoms with Crippen LogP contribution in [0.25, 0.3) is 0 Å². The highest BCUT2D eigenvalue weighted by Gasteiger charge is 2.32. The minimum Gasteiger partial charge on any atom is -0.435 e. The Bertz CT molecular complexity index is 687. The van der Waals surface area contributed by atoms with Crippen molar-refractivity contribution >= 4 is 11.6 Å². The van der Waals surface area contributed by atoms with Crippen LogP contribution in [0.4, 0.5) is 14.5 Å². The van der Waals surface area contributed by atoms with E-state index in [9.17, 15) is 13.6 Å². The van der Waals surface area contributed by atoms with E-state index in [2.05, 4.69) is 20.1 Å². The third-order valence-corrected chi connectivity index (χ3v) is 5.16. The maximum absolute atomic E-state index is 12.3. The summed E-state index contributed by atoms with van der Waals surface area (Å²) in [4.78, 5) is 16.3. The first kappa shape index (κ1) is 18.0. The second kappa shape index (κ2) is 7.69. The Morgan fingerprint density at radius 2 is 1.81 bits per heavy atom. The highest BCUT2D eigenvalue weighted by Crippen LogP contribution is 2.24. The number of benzene rings is 1. The lowest BCUT2D eigenvalue weighted by Gasteiger charge is -2.41. The molecule has 3 aliphatic rings. The minimum absolute atomic E-state index is 0.00995. The summed E-state index contributed by atoms with van der Waals surface area (Å²) in [5.41, 5.74) is 0.903. The summed E-state index contributed by atoms with van der Waals surface area (Å²) in [5, 5.41) is 7.51. The molecule has 7 nitrogen and oxygen atoms in total. The molecule has 3 aliphatic heterocycles. The molecule has 1 N–H and O–H groups in total. The molecule has 0 aromatic heterocycles. The number of nitrogens with zero attached hydrogens (tertiary/aromatic N) is 4. The molecule has 3 heterocycles. The highest BCUT2D eigenvalue weighted by atomic mass is 19.3. The molecule has 0 saturated carbocycles. The number of carbonyl (C=O) groups excluding carboxylic acids is 1. The lowest BCUT2D eigenvalue weighted by Crippen LogP contribution is -2.60. The molecule has 0 aliphatic carbocycles. The molecule has 27 heavy (non-hydrogen) atoms. The lowest BCUT2D eigenvalue weighted by atomic mass is 10.1. The van der Waals surface area contributed by atoms with Gasteiger partial charge in [0.15, 0.2) is 0 Å². The largest absolute Gasteiger partial charge is 0.435 e. The number of hydrogen-bond acceptors (Lipinski definition) is 6. The van der Waals surface area contributed by atoms with Crippen molar-refractivity contribution in [3.63, 3.8) is 0 Å². The van der Waals surface area contributed by atoms with E-state index >= 15 is 0 Å². The van der Waals surface area contributed by atoms with Gasteiger partial charge in [-0.05, 0) is 37.2 Å².